The zero-order chi connectivity index (χ0) is 16.7. The minimum absolute atomic E-state index is 0.174. The van der Waals surface area contributed by atoms with Crippen molar-refractivity contribution in [3.05, 3.63) is 52.5 Å². The third-order valence-electron chi connectivity index (χ3n) is 3.26. The molecule has 6 heteroatoms. The molecule has 0 aliphatic rings. The highest BCUT2D eigenvalue weighted by atomic mass is 32.1. The zero-order valence-corrected chi connectivity index (χ0v) is 14.1. The average molecular weight is 331 g/mol. The molecule has 2 rings (SSSR count). The van der Waals surface area contributed by atoms with E-state index < -0.39 is 6.04 Å². The van der Waals surface area contributed by atoms with Gasteiger partial charge in [-0.05, 0) is 35.4 Å². The standard InChI is InChI=1S/C17H21N3O2S/c1-12(2)9-14(20-17(22)15-6-4-8-23-15)16(21)19-11-13-5-3-7-18-10-13/h3-8,10,12,14H,9,11H2,1-2H3,(H,19,21)(H,20,22)/t14-/m1/s1. The monoisotopic (exact) mass is 331 g/mol. The Morgan fingerprint density at radius 1 is 1.26 bits per heavy atom. The molecule has 0 aliphatic heterocycles. The Balaban J connectivity index is 1.96. The molecule has 2 amide bonds. The second kappa shape index (κ2) is 8.43. The summed E-state index contributed by atoms with van der Waals surface area (Å²) in [6.07, 6.45) is 3.99. The maximum atomic E-state index is 12.4. The third kappa shape index (κ3) is 5.49. The largest absolute Gasteiger partial charge is 0.350 e. The maximum Gasteiger partial charge on any atom is 0.261 e. The molecule has 0 unspecified atom stereocenters. The van der Waals surface area contributed by atoms with Gasteiger partial charge in [0, 0.05) is 18.9 Å². The van der Waals surface area contributed by atoms with Crippen LogP contribution in [0, 0.1) is 5.92 Å². The first-order valence-electron chi connectivity index (χ1n) is 7.57. The van der Waals surface area contributed by atoms with Gasteiger partial charge in [-0.15, -0.1) is 11.3 Å². The number of nitrogens with one attached hydrogen (secondary N) is 2. The van der Waals surface area contributed by atoms with Crippen LogP contribution in [0.5, 0.6) is 0 Å². The van der Waals surface area contributed by atoms with E-state index in [1.165, 1.54) is 11.3 Å². The molecule has 0 aliphatic carbocycles. The topological polar surface area (TPSA) is 71.1 Å². The number of nitrogens with zero attached hydrogens (tertiary/aromatic N) is 1. The predicted octanol–water partition coefficient (Wildman–Crippen LogP) is 2.60. The lowest BCUT2D eigenvalue weighted by Crippen LogP contribution is -2.47. The van der Waals surface area contributed by atoms with E-state index in [1.807, 2.05) is 37.4 Å². The number of aromatic nitrogens is 1. The van der Waals surface area contributed by atoms with Gasteiger partial charge >= 0.3 is 0 Å². The van der Waals surface area contributed by atoms with Gasteiger partial charge < -0.3 is 10.6 Å². The van der Waals surface area contributed by atoms with Gasteiger partial charge in [-0.1, -0.05) is 26.0 Å². The summed E-state index contributed by atoms with van der Waals surface area (Å²) in [6.45, 7) is 4.45. The van der Waals surface area contributed by atoms with Gasteiger partial charge in [-0.25, -0.2) is 0 Å². The van der Waals surface area contributed by atoms with E-state index >= 15 is 0 Å². The van der Waals surface area contributed by atoms with E-state index in [9.17, 15) is 9.59 Å². The zero-order valence-electron chi connectivity index (χ0n) is 13.3. The van der Waals surface area contributed by atoms with Crippen molar-refractivity contribution < 1.29 is 9.59 Å². The van der Waals surface area contributed by atoms with E-state index in [2.05, 4.69) is 15.6 Å². The minimum atomic E-state index is -0.540. The summed E-state index contributed by atoms with van der Waals surface area (Å²) in [5, 5.41) is 7.54. The molecule has 2 aromatic heterocycles. The summed E-state index contributed by atoms with van der Waals surface area (Å²) in [5.41, 5.74) is 0.925. The van der Waals surface area contributed by atoms with Crippen LogP contribution in [-0.4, -0.2) is 22.8 Å². The summed E-state index contributed by atoms with van der Waals surface area (Å²) in [7, 11) is 0. The van der Waals surface area contributed by atoms with E-state index in [0.717, 1.165) is 5.56 Å². The minimum Gasteiger partial charge on any atom is -0.350 e. The Morgan fingerprint density at radius 3 is 2.70 bits per heavy atom. The van der Waals surface area contributed by atoms with Crippen LogP contribution in [-0.2, 0) is 11.3 Å². The van der Waals surface area contributed by atoms with Crippen LogP contribution in [0.1, 0.15) is 35.5 Å². The predicted molar refractivity (Wildman–Crippen MR) is 91.1 cm³/mol. The molecule has 0 bridgehead atoms. The van der Waals surface area contributed by atoms with Crippen LogP contribution >= 0.6 is 11.3 Å². The Hall–Kier alpha value is -2.21. The second-order valence-electron chi connectivity index (χ2n) is 5.71. The fourth-order valence-electron chi connectivity index (χ4n) is 2.16. The van der Waals surface area contributed by atoms with Crippen LogP contribution in [0.4, 0.5) is 0 Å². The Bertz CT molecular complexity index is 627. The van der Waals surface area contributed by atoms with Crippen molar-refractivity contribution in [2.24, 2.45) is 5.92 Å². The molecule has 2 N–H and O–H groups in total. The maximum absolute atomic E-state index is 12.4. The van der Waals surface area contributed by atoms with Gasteiger partial charge in [0.25, 0.3) is 5.91 Å². The van der Waals surface area contributed by atoms with Crippen LogP contribution in [0.25, 0.3) is 0 Å². The molecular formula is C17H21N3O2S. The molecule has 2 heterocycles. The summed E-state index contributed by atoms with van der Waals surface area (Å²) < 4.78 is 0. The quantitative estimate of drug-likeness (QED) is 0.819. The first-order chi connectivity index (χ1) is 11.1. The highest BCUT2D eigenvalue weighted by Gasteiger charge is 2.22. The summed E-state index contributed by atoms with van der Waals surface area (Å²) in [4.78, 5) is 29.2. The van der Waals surface area contributed by atoms with Gasteiger partial charge in [0.2, 0.25) is 5.91 Å². The Morgan fingerprint density at radius 2 is 2.09 bits per heavy atom. The summed E-state index contributed by atoms with van der Waals surface area (Å²) in [5.74, 6) is -0.0811. The van der Waals surface area contributed by atoms with Gasteiger partial charge in [0.05, 0.1) is 4.88 Å². The van der Waals surface area contributed by atoms with Crippen molar-refractivity contribution >= 4 is 23.2 Å². The highest BCUT2D eigenvalue weighted by molar-refractivity contribution is 7.12. The number of thiophene rings is 1. The number of hydrogen-bond acceptors (Lipinski definition) is 4. The number of rotatable bonds is 7. The van der Waals surface area contributed by atoms with Crippen LogP contribution < -0.4 is 10.6 Å². The highest BCUT2D eigenvalue weighted by Crippen LogP contribution is 2.11. The smallest absolute Gasteiger partial charge is 0.261 e. The SMILES string of the molecule is CC(C)C[C@@H](NC(=O)c1cccs1)C(=O)NCc1cccnc1. The average Bonchev–Trinajstić information content (AvgIpc) is 3.07. The summed E-state index contributed by atoms with van der Waals surface area (Å²) >= 11 is 1.36. The number of carbonyl (C=O) groups is 2. The lowest BCUT2D eigenvalue weighted by molar-refractivity contribution is -0.123. The summed E-state index contributed by atoms with van der Waals surface area (Å²) in [6, 6.07) is 6.75. The van der Waals surface area contributed by atoms with Gasteiger partial charge in [0.15, 0.2) is 0 Å². The van der Waals surface area contributed by atoms with Crippen molar-refractivity contribution in [1.82, 2.24) is 15.6 Å². The fraction of sp³-hybridized carbons (Fsp3) is 0.353. The normalized spacial score (nSPS) is 12.0. The van der Waals surface area contributed by atoms with Crippen LogP contribution in [0.2, 0.25) is 0 Å². The molecule has 23 heavy (non-hydrogen) atoms. The lowest BCUT2D eigenvalue weighted by atomic mass is 10.0. The molecule has 0 fully saturated rings. The molecule has 0 radical (unpaired) electrons. The van der Waals surface area contributed by atoms with E-state index in [4.69, 9.17) is 0 Å². The molecule has 0 saturated carbocycles. The number of pyridine rings is 1. The lowest BCUT2D eigenvalue weighted by Gasteiger charge is -2.20. The third-order valence-corrected chi connectivity index (χ3v) is 4.13. The van der Waals surface area contributed by atoms with Crippen molar-refractivity contribution in [3.8, 4) is 0 Å². The molecule has 0 saturated heterocycles. The molecule has 0 spiro atoms. The first kappa shape index (κ1) is 17.1. The van der Waals surface area contributed by atoms with E-state index in [-0.39, 0.29) is 11.8 Å². The number of carbonyl (C=O) groups excluding carboxylic acids is 2. The van der Waals surface area contributed by atoms with Crippen molar-refractivity contribution in [2.75, 3.05) is 0 Å². The van der Waals surface area contributed by atoms with Crippen molar-refractivity contribution in [1.29, 1.82) is 0 Å². The van der Waals surface area contributed by atoms with Gasteiger partial charge in [-0.2, -0.15) is 0 Å². The van der Waals surface area contributed by atoms with Crippen LogP contribution in [0.3, 0.4) is 0 Å². The molecule has 1 atom stereocenters. The molecule has 2 aromatic rings. The fourth-order valence-corrected chi connectivity index (χ4v) is 2.78. The number of amides is 2. The van der Waals surface area contributed by atoms with E-state index in [1.54, 1.807) is 18.5 Å². The van der Waals surface area contributed by atoms with Crippen LogP contribution in [0.15, 0.2) is 42.0 Å². The van der Waals surface area contributed by atoms with E-state index in [0.29, 0.717) is 23.8 Å². The first-order valence-corrected chi connectivity index (χ1v) is 8.45. The van der Waals surface area contributed by atoms with Crippen molar-refractivity contribution in [3.63, 3.8) is 0 Å². The number of hydrogen-bond donors (Lipinski definition) is 2. The van der Waals surface area contributed by atoms with Crippen molar-refractivity contribution in [2.45, 2.75) is 32.9 Å². The van der Waals surface area contributed by atoms with Gasteiger partial charge in [0.1, 0.15) is 6.04 Å². The van der Waals surface area contributed by atoms with Gasteiger partial charge in [-0.3, -0.25) is 14.6 Å². The Labute approximate surface area is 140 Å². The molecule has 122 valence electrons. The molecular weight excluding hydrogens is 310 g/mol. The Kier molecular flexibility index (Phi) is 6.29. The molecule has 0 aromatic carbocycles. The second-order valence-corrected chi connectivity index (χ2v) is 6.66. The molecule has 5 nitrogen and oxygen atoms in total.